The van der Waals surface area contributed by atoms with E-state index >= 15 is 0 Å². The van der Waals surface area contributed by atoms with E-state index in [4.69, 9.17) is 5.73 Å². The number of piperazine rings is 1. The summed E-state index contributed by atoms with van der Waals surface area (Å²) in [5.74, 6) is 0. The zero-order valence-electron chi connectivity index (χ0n) is 9.34. The SMILES string of the molecule is CN1CCN(CCNCCCN)CC1. The van der Waals surface area contributed by atoms with Gasteiger partial charge in [-0.2, -0.15) is 0 Å². The summed E-state index contributed by atoms with van der Waals surface area (Å²) in [6, 6.07) is 0. The minimum Gasteiger partial charge on any atom is -0.330 e. The van der Waals surface area contributed by atoms with E-state index in [-0.39, 0.29) is 0 Å². The van der Waals surface area contributed by atoms with Crippen molar-refractivity contribution in [2.75, 3.05) is 59.4 Å². The van der Waals surface area contributed by atoms with Gasteiger partial charge in [0.15, 0.2) is 0 Å². The second-order valence-electron chi connectivity index (χ2n) is 4.04. The molecule has 1 heterocycles. The van der Waals surface area contributed by atoms with Gasteiger partial charge < -0.3 is 16.0 Å². The average molecular weight is 200 g/mol. The van der Waals surface area contributed by atoms with Crippen molar-refractivity contribution in [2.45, 2.75) is 6.42 Å². The summed E-state index contributed by atoms with van der Waals surface area (Å²) >= 11 is 0. The molecule has 84 valence electrons. The number of rotatable bonds is 6. The van der Waals surface area contributed by atoms with Gasteiger partial charge in [0.2, 0.25) is 0 Å². The maximum Gasteiger partial charge on any atom is 0.0110 e. The van der Waals surface area contributed by atoms with Crippen molar-refractivity contribution >= 4 is 0 Å². The lowest BCUT2D eigenvalue weighted by Gasteiger charge is -2.32. The zero-order valence-corrected chi connectivity index (χ0v) is 9.34. The maximum absolute atomic E-state index is 5.41. The van der Waals surface area contributed by atoms with E-state index in [1.807, 2.05) is 0 Å². The van der Waals surface area contributed by atoms with Crippen molar-refractivity contribution in [3.63, 3.8) is 0 Å². The molecule has 4 heteroatoms. The Hall–Kier alpha value is -0.160. The van der Waals surface area contributed by atoms with Gasteiger partial charge in [-0.25, -0.2) is 0 Å². The average Bonchev–Trinajstić information content (AvgIpc) is 2.21. The van der Waals surface area contributed by atoms with Crippen LogP contribution in [0.5, 0.6) is 0 Å². The second-order valence-corrected chi connectivity index (χ2v) is 4.04. The van der Waals surface area contributed by atoms with Gasteiger partial charge in [0.25, 0.3) is 0 Å². The standard InChI is InChI=1S/C10H24N4/c1-13-7-9-14(10-8-13)6-5-12-4-2-3-11/h12H,2-11H2,1H3. The molecule has 1 aliphatic heterocycles. The fourth-order valence-corrected chi connectivity index (χ4v) is 1.66. The number of nitrogens with two attached hydrogens (primary N) is 1. The molecule has 14 heavy (non-hydrogen) atoms. The van der Waals surface area contributed by atoms with Crippen LogP contribution < -0.4 is 11.1 Å². The molecule has 1 fully saturated rings. The van der Waals surface area contributed by atoms with Crippen molar-refractivity contribution < 1.29 is 0 Å². The van der Waals surface area contributed by atoms with Crippen LogP contribution in [0.3, 0.4) is 0 Å². The van der Waals surface area contributed by atoms with Gasteiger partial charge in [-0.1, -0.05) is 0 Å². The molecule has 0 saturated carbocycles. The number of nitrogens with zero attached hydrogens (tertiary/aromatic N) is 2. The molecular formula is C10H24N4. The van der Waals surface area contributed by atoms with Crippen LogP contribution in [0.4, 0.5) is 0 Å². The molecule has 0 aromatic carbocycles. The van der Waals surface area contributed by atoms with Crippen molar-refractivity contribution in [1.29, 1.82) is 0 Å². The van der Waals surface area contributed by atoms with Crippen LogP contribution in [-0.2, 0) is 0 Å². The summed E-state index contributed by atoms with van der Waals surface area (Å²) in [7, 11) is 2.19. The Kier molecular flexibility index (Phi) is 6.10. The molecule has 0 aromatic rings. The lowest BCUT2D eigenvalue weighted by atomic mass is 10.3. The largest absolute Gasteiger partial charge is 0.330 e. The van der Waals surface area contributed by atoms with E-state index in [0.717, 1.165) is 26.1 Å². The van der Waals surface area contributed by atoms with Crippen molar-refractivity contribution in [2.24, 2.45) is 5.73 Å². The van der Waals surface area contributed by atoms with Crippen LogP contribution >= 0.6 is 0 Å². The third-order valence-electron chi connectivity index (χ3n) is 2.76. The molecule has 1 aliphatic rings. The number of nitrogens with one attached hydrogen (secondary N) is 1. The Morgan fingerprint density at radius 2 is 1.86 bits per heavy atom. The highest BCUT2D eigenvalue weighted by atomic mass is 15.2. The Bertz CT molecular complexity index is 132. The summed E-state index contributed by atoms with van der Waals surface area (Å²) in [5.41, 5.74) is 5.41. The maximum atomic E-state index is 5.41. The third-order valence-corrected chi connectivity index (χ3v) is 2.76. The predicted molar refractivity (Wildman–Crippen MR) is 60.5 cm³/mol. The predicted octanol–water partition coefficient (Wildman–Crippen LogP) is -0.828. The van der Waals surface area contributed by atoms with Crippen LogP contribution in [0.15, 0.2) is 0 Å². The fraction of sp³-hybridized carbons (Fsp3) is 1.00. The topological polar surface area (TPSA) is 44.5 Å². The van der Waals surface area contributed by atoms with E-state index in [0.29, 0.717) is 0 Å². The second kappa shape index (κ2) is 7.17. The van der Waals surface area contributed by atoms with Gasteiger partial charge in [-0.15, -0.1) is 0 Å². The van der Waals surface area contributed by atoms with Crippen LogP contribution in [0.25, 0.3) is 0 Å². The van der Waals surface area contributed by atoms with Crippen LogP contribution in [0.1, 0.15) is 6.42 Å². The van der Waals surface area contributed by atoms with Gasteiger partial charge in [-0.05, 0) is 26.6 Å². The van der Waals surface area contributed by atoms with E-state index in [1.165, 1.54) is 32.7 Å². The van der Waals surface area contributed by atoms with Crippen LogP contribution in [0.2, 0.25) is 0 Å². The number of hydrogen-bond donors (Lipinski definition) is 2. The van der Waals surface area contributed by atoms with Crippen molar-refractivity contribution in [3.05, 3.63) is 0 Å². The Labute approximate surface area is 87.4 Å². The monoisotopic (exact) mass is 200 g/mol. The first-order valence-electron chi connectivity index (χ1n) is 5.64. The molecule has 1 saturated heterocycles. The first-order chi connectivity index (χ1) is 6.83. The Balaban J connectivity index is 1.91. The Morgan fingerprint density at radius 1 is 1.14 bits per heavy atom. The third kappa shape index (κ3) is 4.91. The summed E-state index contributed by atoms with van der Waals surface area (Å²) in [4.78, 5) is 4.91. The quantitative estimate of drug-likeness (QED) is 0.550. The van der Waals surface area contributed by atoms with Gasteiger partial charge in [0.05, 0.1) is 0 Å². The van der Waals surface area contributed by atoms with E-state index in [1.54, 1.807) is 0 Å². The van der Waals surface area contributed by atoms with Gasteiger partial charge in [0, 0.05) is 39.3 Å². The van der Waals surface area contributed by atoms with E-state index < -0.39 is 0 Å². The van der Waals surface area contributed by atoms with E-state index in [2.05, 4.69) is 22.2 Å². The summed E-state index contributed by atoms with van der Waals surface area (Å²) in [6.07, 6.45) is 1.09. The van der Waals surface area contributed by atoms with Crippen molar-refractivity contribution in [1.82, 2.24) is 15.1 Å². The molecule has 0 atom stereocenters. The highest BCUT2D eigenvalue weighted by molar-refractivity contribution is 4.69. The smallest absolute Gasteiger partial charge is 0.0110 e. The van der Waals surface area contributed by atoms with Gasteiger partial charge in [-0.3, -0.25) is 4.90 Å². The zero-order chi connectivity index (χ0) is 10.2. The molecule has 0 amide bonds. The van der Waals surface area contributed by atoms with Crippen LogP contribution in [0, 0.1) is 0 Å². The van der Waals surface area contributed by atoms with Gasteiger partial charge in [0.1, 0.15) is 0 Å². The Morgan fingerprint density at radius 3 is 2.50 bits per heavy atom. The number of hydrogen-bond acceptors (Lipinski definition) is 4. The number of likely N-dealkylation sites (N-methyl/N-ethyl adjacent to an activating group) is 1. The van der Waals surface area contributed by atoms with Gasteiger partial charge >= 0.3 is 0 Å². The molecule has 0 aromatic heterocycles. The van der Waals surface area contributed by atoms with Crippen molar-refractivity contribution in [3.8, 4) is 0 Å². The molecule has 0 radical (unpaired) electrons. The summed E-state index contributed by atoms with van der Waals surface area (Å²) in [6.45, 7) is 8.99. The van der Waals surface area contributed by atoms with E-state index in [9.17, 15) is 0 Å². The summed E-state index contributed by atoms with van der Waals surface area (Å²) < 4.78 is 0. The highest BCUT2D eigenvalue weighted by Gasteiger charge is 2.12. The first-order valence-corrected chi connectivity index (χ1v) is 5.64. The highest BCUT2D eigenvalue weighted by Crippen LogP contribution is 1.97. The molecule has 3 N–H and O–H groups in total. The lowest BCUT2D eigenvalue weighted by Crippen LogP contribution is -2.46. The molecule has 4 nitrogen and oxygen atoms in total. The molecule has 1 rings (SSSR count). The molecule has 0 spiro atoms. The normalized spacial score (nSPS) is 20.1. The lowest BCUT2D eigenvalue weighted by molar-refractivity contribution is 0.155. The fourth-order valence-electron chi connectivity index (χ4n) is 1.66. The minimum absolute atomic E-state index is 0.793. The minimum atomic E-state index is 0.793. The molecule has 0 bridgehead atoms. The van der Waals surface area contributed by atoms with Crippen LogP contribution in [-0.4, -0.2) is 69.2 Å². The molecule has 0 unspecified atom stereocenters. The molecular weight excluding hydrogens is 176 g/mol. The summed E-state index contributed by atoms with van der Waals surface area (Å²) in [5, 5.41) is 3.41. The molecule has 0 aliphatic carbocycles. The first kappa shape index (κ1) is 11.9.